The number of thioether (sulfide) groups is 1. The summed E-state index contributed by atoms with van der Waals surface area (Å²) in [5.41, 5.74) is 1.95. The largest absolute Gasteiger partial charge is 0.338 e. The molecule has 1 aliphatic heterocycles. The Labute approximate surface area is 173 Å². The second kappa shape index (κ2) is 9.42. The van der Waals surface area contributed by atoms with Gasteiger partial charge in [-0.2, -0.15) is 0 Å². The van der Waals surface area contributed by atoms with Gasteiger partial charge < -0.3 is 9.80 Å². The Morgan fingerprint density at radius 3 is 2.11 bits per heavy atom. The van der Waals surface area contributed by atoms with Crippen LogP contribution in [-0.4, -0.2) is 53.5 Å². The second-order valence-electron chi connectivity index (χ2n) is 6.47. The van der Waals surface area contributed by atoms with Crippen molar-refractivity contribution in [3.05, 3.63) is 64.1 Å². The molecule has 1 saturated heterocycles. The Kier molecular flexibility index (Phi) is 6.96. The lowest BCUT2D eigenvalue weighted by atomic mass is 10.1. The Morgan fingerprint density at radius 2 is 1.52 bits per heavy atom. The number of rotatable bonds is 5. The van der Waals surface area contributed by atoms with E-state index in [9.17, 15) is 9.59 Å². The van der Waals surface area contributed by atoms with Gasteiger partial charge in [-0.05, 0) is 48.4 Å². The number of carbonyl (C=O) groups excluding carboxylic acids is 2. The first-order chi connectivity index (χ1) is 13.1. The number of amides is 2. The third-order valence-electron chi connectivity index (χ3n) is 4.70. The Bertz CT molecular complexity index is 785. The quantitative estimate of drug-likeness (QED) is 0.649. The highest BCUT2D eigenvalue weighted by atomic mass is 79.9. The van der Waals surface area contributed by atoms with E-state index in [0.717, 1.165) is 21.4 Å². The Morgan fingerprint density at radius 1 is 0.926 bits per heavy atom. The minimum atomic E-state index is 0.0500. The van der Waals surface area contributed by atoms with Crippen LogP contribution in [0.5, 0.6) is 0 Å². The van der Waals surface area contributed by atoms with Gasteiger partial charge >= 0.3 is 0 Å². The van der Waals surface area contributed by atoms with Crippen LogP contribution in [0, 0.1) is 0 Å². The van der Waals surface area contributed by atoms with E-state index in [4.69, 9.17) is 0 Å². The van der Waals surface area contributed by atoms with Crippen molar-refractivity contribution in [1.29, 1.82) is 0 Å². The molecule has 1 fully saturated rings. The summed E-state index contributed by atoms with van der Waals surface area (Å²) >= 11 is 4.96. The summed E-state index contributed by atoms with van der Waals surface area (Å²) in [5, 5.41) is 0. The van der Waals surface area contributed by atoms with Gasteiger partial charge in [0, 0.05) is 41.1 Å². The molecule has 0 unspecified atom stereocenters. The van der Waals surface area contributed by atoms with Crippen molar-refractivity contribution in [2.75, 3.05) is 31.9 Å². The second-order valence-corrected chi connectivity index (χ2v) is 8.43. The molecule has 0 bridgehead atoms. The van der Waals surface area contributed by atoms with Crippen LogP contribution in [0.2, 0.25) is 0 Å². The number of hydrogen-bond donors (Lipinski definition) is 0. The van der Waals surface area contributed by atoms with E-state index in [1.165, 1.54) is 5.56 Å². The van der Waals surface area contributed by atoms with Gasteiger partial charge in [0.1, 0.15) is 0 Å². The van der Waals surface area contributed by atoms with Crippen molar-refractivity contribution in [3.63, 3.8) is 0 Å². The highest BCUT2D eigenvalue weighted by molar-refractivity contribution is 9.10. The molecule has 0 radical (unpaired) electrons. The monoisotopic (exact) mass is 446 g/mol. The predicted octanol–water partition coefficient (Wildman–Crippen LogP) is 4.09. The van der Waals surface area contributed by atoms with Gasteiger partial charge in [0.15, 0.2) is 0 Å². The fourth-order valence-corrected chi connectivity index (χ4v) is 4.06. The molecule has 0 saturated carbocycles. The zero-order chi connectivity index (χ0) is 19.2. The molecule has 0 aliphatic carbocycles. The summed E-state index contributed by atoms with van der Waals surface area (Å²) in [6.45, 7) is 4.46. The van der Waals surface area contributed by atoms with Gasteiger partial charge in [-0.25, -0.2) is 0 Å². The Hall–Kier alpha value is -1.79. The van der Waals surface area contributed by atoms with Crippen LogP contribution in [-0.2, 0) is 11.2 Å². The van der Waals surface area contributed by atoms with E-state index < -0.39 is 0 Å². The zero-order valence-corrected chi connectivity index (χ0v) is 17.8. The summed E-state index contributed by atoms with van der Waals surface area (Å²) in [7, 11) is 0. The van der Waals surface area contributed by atoms with Crippen molar-refractivity contribution in [2.45, 2.75) is 18.2 Å². The fraction of sp³-hybridized carbons (Fsp3) is 0.333. The molecule has 4 nitrogen and oxygen atoms in total. The molecule has 0 atom stereocenters. The third kappa shape index (κ3) is 5.36. The molecule has 2 aromatic carbocycles. The summed E-state index contributed by atoms with van der Waals surface area (Å²) in [6.07, 6.45) is 0.966. The standard InChI is InChI=1S/C21H23BrN2O2S/c1-2-16-3-5-17(6-4-16)21(26)24-13-11-23(12-14-24)20(25)15-27-19-9-7-18(22)8-10-19/h3-10H,2,11-15H2,1H3. The van der Waals surface area contributed by atoms with E-state index in [-0.39, 0.29) is 11.8 Å². The highest BCUT2D eigenvalue weighted by Gasteiger charge is 2.24. The normalized spacial score (nSPS) is 14.3. The van der Waals surface area contributed by atoms with Crippen molar-refractivity contribution >= 4 is 39.5 Å². The van der Waals surface area contributed by atoms with E-state index >= 15 is 0 Å². The SMILES string of the molecule is CCc1ccc(C(=O)N2CCN(C(=O)CSc3ccc(Br)cc3)CC2)cc1. The molecule has 1 heterocycles. The summed E-state index contributed by atoms with van der Waals surface area (Å²) in [5.74, 6) is 0.602. The van der Waals surface area contributed by atoms with Gasteiger partial charge in [0.2, 0.25) is 5.91 Å². The molecule has 27 heavy (non-hydrogen) atoms. The van der Waals surface area contributed by atoms with Crippen LogP contribution in [0.3, 0.4) is 0 Å². The molecule has 0 spiro atoms. The molecular formula is C21H23BrN2O2S. The molecule has 2 amide bonds. The maximum Gasteiger partial charge on any atom is 0.253 e. The first kappa shape index (κ1) is 20.0. The summed E-state index contributed by atoms with van der Waals surface area (Å²) in [4.78, 5) is 29.9. The molecule has 0 aromatic heterocycles. The highest BCUT2D eigenvalue weighted by Crippen LogP contribution is 2.21. The molecular weight excluding hydrogens is 424 g/mol. The van der Waals surface area contributed by atoms with E-state index in [1.54, 1.807) is 11.8 Å². The lowest BCUT2D eigenvalue weighted by Crippen LogP contribution is -2.51. The van der Waals surface area contributed by atoms with E-state index in [1.807, 2.05) is 58.3 Å². The number of piperazine rings is 1. The number of halogens is 1. The van der Waals surface area contributed by atoms with E-state index in [0.29, 0.717) is 31.9 Å². The molecule has 1 aliphatic rings. The van der Waals surface area contributed by atoms with Crippen LogP contribution in [0.15, 0.2) is 57.9 Å². The maximum absolute atomic E-state index is 12.6. The third-order valence-corrected chi connectivity index (χ3v) is 6.23. The van der Waals surface area contributed by atoms with Crippen molar-refractivity contribution in [2.24, 2.45) is 0 Å². The van der Waals surface area contributed by atoms with Crippen LogP contribution in [0.4, 0.5) is 0 Å². The number of aryl methyl sites for hydroxylation is 1. The number of carbonyl (C=O) groups is 2. The van der Waals surface area contributed by atoms with Crippen LogP contribution in [0.1, 0.15) is 22.8 Å². The fourth-order valence-electron chi connectivity index (χ4n) is 2.99. The topological polar surface area (TPSA) is 40.6 Å². The first-order valence-corrected chi connectivity index (χ1v) is 10.9. The number of nitrogens with zero attached hydrogens (tertiary/aromatic N) is 2. The van der Waals surface area contributed by atoms with Crippen LogP contribution >= 0.6 is 27.7 Å². The van der Waals surface area contributed by atoms with Gasteiger partial charge in [0.05, 0.1) is 5.75 Å². The van der Waals surface area contributed by atoms with Gasteiger partial charge in [0.25, 0.3) is 5.91 Å². The maximum atomic E-state index is 12.6. The van der Waals surface area contributed by atoms with Crippen molar-refractivity contribution in [3.8, 4) is 0 Å². The van der Waals surface area contributed by atoms with Gasteiger partial charge in [-0.15, -0.1) is 11.8 Å². The first-order valence-electron chi connectivity index (χ1n) is 9.11. The number of hydrogen-bond acceptors (Lipinski definition) is 3. The molecule has 142 valence electrons. The minimum Gasteiger partial charge on any atom is -0.338 e. The average molecular weight is 447 g/mol. The Balaban J connectivity index is 1.48. The molecule has 3 rings (SSSR count). The summed E-state index contributed by atoms with van der Waals surface area (Å²) < 4.78 is 1.03. The zero-order valence-electron chi connectivity index (χ0n) is 15.4. The molecule has 2 aromatic rings. The van der Waals surface area contributed by atoms with Gasteiger partial charge in [-0.3, -0.25) is 9.59 Å². The average Bonchev–Trinajstić information content (AvgIpc) is 2.73. The van der Waals surface area contributed by atoms with Crippen molar-refractivity contribution in [1.82, 2.24) is 9.80 Å². The smallest absolute Gasteiger partial charge is 0.253 e. The minimum absolute atomic E-state index is 0.0500. The lowest BCUT2D eigenvalue weighted by Gasteiger charge is -2.34. The van der Waals surface area contributed by atoms with Crippen LogP contribution in [0.25, 0.3) is 0 Å². The lowest BCUT2D eigenvalue weighted by molar-refractivity contribution is -0.129. The van der Waals surface area contributed by atoms with E-state index in [2.05, 4.69) is 22.9 Å². The molecule has 6 heteroatoms. The number of benzene rings is 2. The van der Waals surface area contributed by atoms with Gasteiger partial charge in [-0.1, -0.05) is 35.0 Å². The predicted molar refractivity (Wildman–Crippen MR) is 113 cm³/mol. The van der Waals surface area contributed by atoms with Crippen molar-refractivity contribution < 1.29 is 9.59 Å². The van der Waals surface area contributed by atoms with Crippen LogP contribution < -0.4 is 0 Å². The molecule has 0 N–H and O–H groups in total. The summed E-state index contributed by atoms with van der Waals surface area (Å²) in [6, 6.07) is 15.8.